The molecule has 0 saturated heterocycles. The van der Waals surface area contributed by atoms with Crippen LogP contribution >= 0.6 is 0 Å². The Bertz CT molecular complexity index is 631. The van der Waals surface area contributed by atoms with Crippen LogP contribution in [0.4, 0.5) is 0 Å². The first-order valence-electron chi connectivity index (χ1n) is 12.1. The third kappa shape index (κ3) is 6.83. The number of nitrogens with zero attached hydrogens (tertiary/aromatic N) is 2. The quantitative estimate of drug-likeness (QED) is 0.598. The maximum Gasteiger partial charge on any atom is 0.0991 e. The van der Waals surface area contributed by atoms with Crippen LogP contribution in [0, 0.1) is 29.1 Å². The van der Waals surface area contributed by atoms with Crippen molar-refractivity contribution < 1.29 is 0 Å². The first-order chi connectivity index (χ1) is 14.1. The molecule has 3 heteroatoms. The molecule has 0 heterocycles. The Hall–Kier alpha value is -1.37. The van der Waals surface area contributed by atoms with E-state index in [9.17, 15) is 0 Å². The van der Waals surface area contributed by atoms with Crippen molar-refractivity contribution in [2.75, 3.05) is 6.54 Å². The van der Waals surface area contributed by atoms with Crippen LogP contribution in [-0.4, -0.2) is 23.5 Å². The van der Waals surface area contributed by atoms with Gasteiger partial charge < -0.3 is 5.73 Å². The molecule has 2 N–H and O–H groups in total. The van der Waals surface area contributed by atoms with Crippen LogP contribution in [0.2, 0.25) is 0 Å². The van der Waals surface area contributed by atoms with Crippen LogP contribution in [0.15, 0.2) is 24.3 Å². The molecule has 1 atom stereocenters. The molecule has 29 heavy (non-hydrogen) atoms. The number of nitrogens with two attached hydrogens (primary N) is 1. The maximum absolute atomic E-state index is 9.05. The van der Waals surface area contributed by atoms with Gasteiger partial charge in [-0.05, 0) is 93.2 Å². The van der Waals surface area contributed by atoms with Gasteiger partial charge in [0, 0.05) is 25.2 Å². The Labute approximate surface area is 178 Å². The SMILES string of the molecule is CCC(C)CN(Cc1ccc(C#N)cc1)C1CCC(CC2CCC(N)CC2)CC1. The first-order valence-corrected chi connectivity index (χ1v) is 12.1. The Morgan fingerprint density at radius 1 is 1.00 bits per heavy atom. The van der Waals surface area contributed by atoms with Crippen LogP contribution < -0.4 is 5.73 Å². The van der Waals surface area contributed by atoms with E-state index in [2.05, 4.69) is 36.9 Å². The van der Waals surface area contributed by atoms with Gasteiger partial charge in [0.15, 0.2) is 0 Å². The molecule has 2 fully saturated rings. The lowest BCUT2D eigenvalue weighted by atomic mass is 9.75. The monoisotopic (exact) mass is 395 g/mol. The fourth-order valence-electron chi connectivity index (χ4n) is 5.43. The Morgan fingerprint density at radius 3 is 2.14 bits per heavy atom. The fourth-order valence-corrected chi connectivity index (χ4v) is 5.43. The number of nitriles is 1. The Kier molecular flexibility index (Phi) is 8.57. The highest BCUT2D eigenvalue weighted by molar-refractivity contribution is 5.31. The lowest BCUT2D eigenvalue weighted by molar-refractivity contribution is 0.103. The van der Waals surface area contributed by atoms with Crippen molar-refractivity contribution >= 4 is 0 Å². The number of rotatable bonds is 8. The minimum atomic E-state index is 0.471. The first kappa shape index (κ1) is 22.3. The van der Waals surface area contributed by atoms with Crippen molar-refractivity contribution in [3.63, 3.8) is 0 Å². The van der Waals surface area contributed by atoms with Crippen LogP contribution in [0.1, 0.15) is 89.2 Å². The Balaban J connectivity index is 1.53. The van der Waals surface area contributed by atoms with E-state index in [1.807, 2.05) is 12.1 Å². The predicted octanol–water partition coefficient (Wildman–Crippen LogP) is 5.87. The standard InChI is InChI=1S/C26H41N3/c1-3-20(2)18-29(19-24-6-4-23(17-27)5-7-24)26-14-10-22(11-15-26)16-21-8-12-25(28)13-9-21/h4-7,20-22,25-26H,3,8-16,18-19,28H2,1-2H3. The van der Waals surface area contributed by atoms with Crippen LogP contribution in [0.3, 0.4) is 0 Å². The van der Waals surface area contributed by atoms with Crippen molar-refractivity contribution in [1.82, 2.24) is 4.90 Å². The third-order valence-electron chi connectivity index (χ3n) is 7.60. The lowest BCUT2D eigenvalue weighted by Crippen LogP contribution is -2.40. The summed E-state index contributed by atoms with van der Waals surface area (Å²) >= 11 is 0. The second kappa shape index (κ2) is 11.1. The molecule has 0 spiro atoms. The molecule has 1 unspecified atom stereocenters. The van der Waals surface area contributed by atoms with Crippen molar-refractivity contribution in [1.29, 1.82) is 5.26 Å². The van der Waals surface area contributed by atoms with Crippen molar-refractivity contribution in [3.05, 3.63) is 35.4 Å². The van der Waals surface area contributed by atoms with E-state index in [1.165, 1.54) is 76.3 Å². The zero-order chi connectivity index (χ0) is 20.6. The molecule has 2 aliphatic rings. The van der Waals surface area contributed by atoms with Gasteiger partial charge in [-0.25, -0.2) is 0 Å². The normalized spacial score (nSPS) is 28.8. The van der Waals surface area contributed by atoms with Gasteiger partial charge in [0.2, 0.25) is 0 Å². The molecule has 0 aliphatic heterocycles. The molecule has 3 rings (SSSR count). The van der Waals surface area contributed by atoms with Gasteiger partial charge >= 0.3 is 0 Å². The van der Waals surface area contributed by atoms with E-state index in [0.29, 0.717) is 6.04 Å². The van der Waals surface area contributed by atoms with Crippen LogP contribution in [-0.2, 0) is 6.54 Å². The summed E-state index contributed by atoms with van der Waals surface area (Å²) in [4.78, 5) is 2.74. The molecule has 1 aromatic carbocycles. The Morgan fingerprint density at radius 2 is 1.59 bits per heavy atom. The molecule has 160 valence electrons. The summed E-state index contributed by atoms with van der Waals surface area (Å²) in [6.45, 7) is 6.89. The zero-order valence-corrected chi connectivity index (χ0v) is 18.7. The summed E-state index contributed by atoms with van der Waals surface area (Å²) in [6.07, 6.45) is 13.4. The van der Waals surface area contributed by atoms with Gasteiger partial charge in [0.25, 0.3) is 0 Å². The van der Waals surface area contributed by atoms with Gasteiger partial charge in [-0.3, -0.25) is 4.90 Å². The number of benzene rings is 1. The minimum Gasteiger partial charge on any atom is -0.328 e. The molecule has 0 radical (unpaired) electrons. The van der Waals surface area contributed by atoms with Crippen molar-refractivity contribution in [2.45, 2.75) is 96.7 Å². The second-order valence-corrected chi connectivity index (χ2v) is 9.94. The summed E-state index contributed by atoms with van der Waals surface area (Å²) in [7, 11) is 0. The van der Waals surface area contributed by atoms with Crippen LogP contribution in [0.25, 0.3) is 0 Å². The lowest BCUT2D eigenvalue weighted by Gasteiger charge is -2.39. The van der Waals surface area contributed by atoms with E-state index in [4.69, 9.17) is 11.0 Å². The maximum atomic E-state index is 9.05. The average molecular weight is 396 g/mol. The second-order valence-electron chi connectivity index (χ2n) is 9.94. The molecule has 0 amide bonds. The van der Waals surface area contributed by atoms with Crippen molar-refractivity contribution in [3.8, 4) is 6.07 Å². The van der Waals surface area contributed by atoms with Gasteiger partial charge in [-0.15, -0.1) is 0 Å². The highest BCUT2D eigenvalue weighted by Crippen LogP contribution is 2.36. The molecule has 1 aromatic rings. The molecule has 0 aromatic heterocycles. The smallest absolute Gasteiger partial charge is 0.0991 e. The van der Waals surface area contributed by atoms with E-state index < -0.39 is 0 Å². The molecule has 2 saturated carbocycles. The summed E-state index contributed by atoms with van der Waals surface area (Å²) in [6, 6.07) is 11.6. The topological polar surface area (TPSA) is 53.0 Å². The summed E-state index contributed by atoms with van der Waals surface area (Å²) in [5.41, 5.74) is 8.19. The van der Waals surface area contributed by atoms with Crippen molar-refractivity contribution in [2.24, 2.45) is 23.5 Å². The molecular formula is C26H41N3. The predicted molar refractivity (Wildman–Crippen MR) is 121 cm³/mol. The fraction of sp³-hybridized carbons (Fsp3) is 0.731. The molecule has 0 bridgehead atoms. The molecule has 3 nitrogen and oxygen atoms in total. The molecular weight excluding hydrogens is 354 g/mol. The van der Waals surface area contributed by atoms with Gasteiger partial charge in [-0.1, -0.05) is 32.4 Å². The van der Waals surface area contributed by atoms with E-state index >= 15 is 0 Å². The number of hydrogen-bond donors (Lipinski definition) is 1. The highest BCUT2D eigenvalue weighted by atomic mass is 15.2. The zero-order valence-electron chi connectivity index (χ0n) is 18.7. The average Bonchev–Trinajstić information content (AvgIpc) is 2.76. The summed E-state index contributed by atoms with van der Waals surface area (Å²) in [5.74, 6) is 2.61. The van der Waals surface area contributed by atoms with E-state index in [1.54, 1.807) is 0 Å². The van der Waals surface area contributed by atoms with E-state index in [0.717, 1.165) is 35.9 Å². The molecule has 2 aliphatic carbocycles. The largest absolute Gasteiger partial charge is 0.328 e. The summed E-state index contributed by atoms with van der Waals surface area (Å²) < 4.78 is 0. The number of hydrogen-bond acceptors (Lipinski definition) is 3. The van der Waals surface area contributed by atoms with Gasteiger partial charge in [-0.2, -0.15) is 5.26 Å². The van der Waals surface area contributed by atoms with Gasteiger partial charge in [0.05, 0.1) is 11.6 Å². The third-order valence-corrected chi connectivity index (χ3v) is 7.60. The highest BCUT2D eigenvalue weighted by Gasteiger charge is 2.29. The minimum absolute atomic E-state index is 0.471. The summed E-state index contributed by atoms with van der Waals surface area (Å²) in [5, 5.41) is 9.05. The van der Waals surface area contributed by atoms with Crippen LogP contribution in [0.5, 0.6) is 0 Å². The van der Waals surface area contributed by atoms with Gasteiger partial charge in [0.1, 0.15) is 0 Å². The van der Waals surface area contributed by atoms with E-state index in [-0.39, 0.29) is 0 Å².